The van der Waals surface area contributed by atoms with Crippen LogP contribution >= 0.6 is 12.2 Å². The Morgan fingerprint density at radius 1 is 1.07 bits per heavy atom. The molecule has 4 rings (SSSR count). The Bertz CT molecular complexity index is 1660. The number of anilines is 1. The van der Waals surface area contributed by atoms with E-state index in [-0.39, 0.29) is 36.1 Å². The summed E-state index contributed by atoms with van der Waals surface area (Å²) in [6, 6.07) is 19.9. The number of amides is 1. The van der Waals surface area contributed by atoms with Crippen LogP contribution in [-0.2, 0) is 30.5 Å². The molecule has 44 heavy (non-hydrogen) atoms. The smallest absolute Gasteiger partial charge is 0.349 e. The molecule has 0 fully saturated rings. The fourth-order valence-electron chi connectivity index (χ4n) is 4.73. The number of hydrogen-bond donors (Lipinski definition) is 2. The van der Waals surface area contributed by atoms with Crippen LogP contribution in [0.2, 0.25) is 0 Å². The molecule has 0 aliphatic rings. The highest BCUT2D eigenvalue weighted by Crippen LogP contribution is 2.32. The molecule has 1 heterocycles. The van der Waals surface area contributed by atoms with Crippen LogP contribution in [0.5, 0.6) is 0 Å². The molecule has 1 aromatic heterocycles. The van der Waals surface area contributed by atoms with E-state index in [1.165, 1.54) is 41.3 Å². The third kappa shape index (κ3) is 8.87. The second-order valence-corrected chi connectivity index (χ2v) is 11.3. The van der Waals surface area contributed by atoms with Gasteiger partial charge in [-0.3, -0.25) is 4.79 Å². The Labute approximate surface area is 258 Å². The van der Waals surface area contributed by atoms with E-state index in [0.29, 0.717) is 23.5 Å². The number of imidazole rings is 1. The van der Waals surface area contributed by atoms with Crippen molar-refractivity contribution < 1.29 is 22.4 Å². The van der Waals surface area contributed by atoms with Crippen LogP contribution in [0.3, 0.4) is 0 Å². The fraction of sp³-hybridized carbons (Fsp3) is 0.250. The van der Waals surface area contributed by atoms with Crippen LogP contribution in [0.15, 0.2) is 85.3 Å². The summed E-state index contributed by atoms with van der Waals surface area (Å²) in [5.74, 6) is -0.825. The van der Waals surface area contributed by atoms with E-state index in [1.807, 2.05) is 16.7 Å². The summed E-state index contributed by atoms with van der Waals surface area (Å²) < 4.78 is 57.0. The van der Waals surface area contributed by atoms with Gasteiger partial charge in [0.05, 0.1) is 35.5 Å². The summed E-state index contributed by atoms with van der Waals surface area (Å²) in [7, 11) is 0. The van der Waals surface area contributed by atoms with Gasteiger partial charge in [0.1, 0.15) is 5.82 Å². The van der Waals surface area contributed by atoms with Crippen molar-refractivity contribution in [3.63, 3.8) is 0 Å². The Balaban J connectivity index is 1.49. The number of alkyl halides is 3. The number of nitriles is 1. The minimum Gasteiger partial charge on any atom is -0.349 e. The molecule has 4 aromatic rings. The van der Waals surface area contributed by atoms with Gasteiger partial charge in [-0.15, -0.1) is 0 Å². The molecule has 0 radical (unpaired) electrons. The largest absolute Gasteiger partial charge is 0.416 e. The summed E-state index contributed by atoms with van der Waals surface area (Å²) >= 11 is 5.58. The molecule has 0 bridgehead atoms. The van der Waals surface area contributed by atoms with E-state index in [4.69, 9.17) is 17.5 Å². The lowest BCUT2D eigenvalue weighted by Gasteiger charge is -2.35. The second kappa shape index (κ2) is 13.7. The number of benzene rings is 3. The number of carbonyl (C=O) groups is 1. The van der Waals surface area contributed by atoms with Crippen molar-refractivity contribution in [2.24, 2.45) is 0 Å². The highest BCUT2D eigenvalue weighted by molar-refractivity contribution is 7.80. The molecule has 0 saturated carbocycles. The summed E-state index contributed by atoms with van der Waals surface area (Å²) in [4.78, 5) is 18.9. The topological polar surface area (TPSA) is 86.0 Å². The van der Waals surface area contributed by atoms with Gasteiger partial charge in [-0.2, -0.15) is 18.4 Å². The highest BCUT2D eigenvalue weighted by atomic mass is 32.1. The van der Waals surface area contributed by atoms with Crippen molar-refractivity contribution in [1.82, 2.24) is 19.8 Å². The first-order chi connectivity index (χ1) is 20.8. The minimum absolute atomic E-state index is 0.00257. The number of nitrogens with zero attached hydrogens (tertiary/aromatic N) is 4. The van der Waals surface area contributed by atoms with Crippen molar-refractivity contribution in [2.45, 2.75) is 45.1 Å². The van der Waals surface area contributed by atoms with Gasteiger partial charge >= 0.3 is 6.18 Å². The predicted molar refractivity (Wildman–Crippen MR) is 163 cm³/mol. The molecule has 0 aliphatic heterocycles. The number of thiocarbonyl (C=S) groups is 1. The van der Waals surface area contributed by atoms with Crippen LogP contribution in [0.4, 0.5) is 23.2 Å². The molecule has 0 unspecified atom stereocenters. The van der Waals surface area contributed by atoms with Gasteiger partial charge in [0.25, 0.3) is 0 Å². The number of hydrogen-bond acceptors (Lipinski definition) is 4. The average molecular weight is 623 g/mol. The second-order valence-electron chi connectivity index (χ2n) is 10.9. The Hall–Kier alpha value is -4.76. The molecule has 1 amide bonds. The van der Waals surface area contributed by atoms with Crippen molar-refractivity contribution >= 4 is 28.9 Å². The molecular weight excluding hydrogens is 592 g/mol. The third-order valence-electron chi connectivity index (χ3n) is 6.69. The molecule has 12 heteroatoms. The Morgan fingerprint density at radius 2 is 1.80 bits per heavy atom. The molecule has 2 N–H and O–H groups in total. The van der Waals surface area contributed by atoms with Gasteiger partial charge in [0, 0.05) is 37.2 Å². The molecule has 3 aromatic carbocycles. The minimum atomic E-state index is -4.58. The van der Waals surface area contributed by atoms with Crippen LogP contribution in [0.1, 0.15) is 41.8 Å². The van der Waals surface area contributed by atoms with Crippen LogP contribution in [0, 0.1) is 17.1 Å². The lowest BCUT2D eigenvalue weighted by molar-refractivity contribution is -0.138. The number of carbonyl (C=O) groups excluding carboxylic acids is 1. The van der Waals surface area contributed by atoms with E-state index in [2.05, 4.69) is 21.7 Å². The number of aromatic nitrogens is 2. The van der Waals surface area contributed by atoms with Crippen LogP contribution in [0.25, 0.3) is 0 Å². The van der Waals surface area contributed by atoms with Gasteiger partial charge in [0.2, 0.25) is 5.91 Å². The molecule has 7 nitrogen and oxygen atoms in total. The van der Waals surface area contributed by atoms with E-state index >= 15 is 0 Å². The van der Waals surface area contributed by atoms with Crippen LogP contribution < -0.4 is 10.6 Å². The van der Waals surface area contributed by atoms with Crippen molar-refractivity contribution in [2.75, 3.05) is 11.9 Å². The number of nitrogens with one attached hydrogen (secondary N) is 2. The van der Waals surface area contributed by atoms with E-state index in [1.54, 1.807) is 44.6 Å². The molecular formula is C32H30F4N6OS. The van der Waals surface area contributed by atoms with E-state index < -0.39 is 23.1 Å². The molecule has 0 aliphatic carbocycles. The van der Waals surface area contributed by atoms with Gasteiger partial charge in [-0.25, -0.2) is 9.37 Å². The quantitative estimate of drug-likeness (QED) is 0.160. The maximum absolute atomic E-state index is 13.8. The standard InChI is InChI=1S/C32H30F4N6OS/c1-31(2,40-29(43)15-27-17-38-21-42(27)18-23-12-10-22(16-37)11-13-23)20-41(30(44)39-26-8-5-7-25(33)14-26)19-24-6-3-4-9-28(24)32(34,35)36/h3-14,17,21H,15,18-20H2,1-2H3,(H,39,44)(H,40,43). The van der Waals surface area contributed by atoms with Crippen molar-refractivity contribution in [3.8, 4) is 6.07 Å². The summed E-state index contributed by atoms with van der Waals surface area (Å²) in [6.45, 7) is 3.76. The third-order valence-corrected chi connectivity index (χ3v) is 7.05. The number of rotatable bonds is 10. The maximum Gasteiger partial charge on any atom is 0.416 e. The maximum atomic E-state index is 13.8. The summed E-state index contributed by atoms with van der Waals surface area (Å²) in [5, 5.41) is 15.0. The monoisotopic (exact) mass is 622 g/mol. The lowest BCUT2D eigenvalue weighted by atomic mass is 10.0. The van der Waals surface area contributed by atoms with Crippen molar-refractivity contribution in [3.05, 3.63) is 119 Å². The van der Waals surface area contributed by atoms with Gasteiger partial charge in [-0.1, -0.05) is 36.4 Å². The zero-order valence-corrected chi connectivity index (χ0v) is 24.8. The first-order valence-electron chi connectivity index (χ1n) is 13.6. The van der Waals surface area contributed by atoms with E-state index in [9.17, 15) is 22.4 Å². The SMILES string of the molecule is CC(C)(CN(Cc1ccccc1C(F)(F)F)C(=S)Nc1cccc(F)c1)NC(=O)Cc1cncn1Cc1ccc(C#N)cc1. The van der Waals surface area contributed by atoms with E-state index in [0.717, 1.165) is 11.6 Å². The zero-order valence-electron chi connectivity index (χ0n) is 24.0. The van der Waals surface area contributed by atoms with Crippen LogP contribution in [-0.4, -0.2) is 37.6 Å². The van der Waals surface area contributed by atoms with Gasteiger partial charge < -0.3 is 20.1 Å². The summed E-state index contributed by atoms with van der Waals surface area (Å²) in [5.41, 5.74) is 0.716. The lowest BCUT2D eigenvalue weighted by Crippen LogP contribution is -2.53. The molecule has 0 saturated heterocycles. The normalized spacial score (nSPS) is 11.5. The average Bonchev–Trinajstić information content (AvgIpc) is 3.38. The molecule has 228 valence electrons. The zero-order chi connectivity index (χ0) is 31.9. The van der Waals surface area contributed by atoms with Gasteiger partial charge in [-0.05, 0) is 73.6 Å². The highest BCUT2D eigenvalue weighted by Gasteiger charge is 2.34. The molecule has 0 atom stereocenters. The Morgan fingerprint density at radius 3 is 2.48 bits per heavy atom. The fourth-order valence-corrected chi connectivity index (χ4v) is 4.98. The Kier molecular flexibility index (Phi) is 10.0. The van der Waals surface area contributed by atoms with Crippen molar-refractivity contribution in [1.29, 1.82) is 5.26 Å². The molecule has 0 spiro atoms. The first-order valence-corrected chi connectivity index (χ1v) is 14.0. The predicted octanol–water partition coefficient (Wildman–Crippen LogP) is 6.30. The van der Waals surface area contributed by atoms with Gasteiger partial charge in [0.15, 0.2) is 5.11 Å². The number of halogens is 4. The summed E-state index contributed by atoms with van der Waals surface area (Å²) in [6.07, 6.45) is -1.37. The first kappa shape index (κ1) is 32.2.